The van der Waals surface area contributed by atoms with E-state index in [1.807, 2.05) is 4.90 Å². The molecule has 8 nitrogen and oxygen atoms in total. The summed E-state index contributed by atoms with van der Waals surface area (Å²) >= 11 is 0. The normalized spacial score (nSPS) is 17.9. The Kier molecular flexibility index (Phi) is 4.33. The van der Waals surface area contributed by atoms with E-state index in [1.165, 1.54) is 19.2 Å². The summed E-state index contributed by atoms with van der Waals surface area (Å²) in [5.74, 6) is -0.0563. The van der Waals surface area contributed by atoms with Crippen molar-refractivity contribution in [2.45, 2.75) is 12.8 Å². The maximum Gasteiger partial charge on any atom is 0.310 e. The standard InChI is InChI=1S/C13H14N4O4/c1-21-13(18)9-3-2-6-16(8-9)12-5-4-11(17(19)20)10(7-14)15-12/h4-5,9H,2-3,6,8H2,1H3. The van der Waals surface area contributed by atoms with Crippen molar-refractivity contribution in [1.29, 1.82) is 5.26 Å². The van der Waals surface area contributed by atoms with Crippen LogP contribution < -0.4 is 4.90 Å². The summed E-state index contributed by atoms with van der Waals surface area (Å²) in [5.41, 5.74) is -0.541. The molecule has 1 saturated heterocycles. The summed E-state index contributed by atoms with van der Waals surface area (Å²) < 4.78 is 4.74. The number of hydrogen-bond donors (Lipinski definition) is 0. The van der Waals surface area contributed by atoms with Crippen LogP contribution in [0, 0.1) is 27.4 Å². The first-order chi connectivity index (χ1) is 10.1. The van der Waals surface area contributed by atoms with Gasteiger partial charge in [0.25, 0.3) is 0 Å². The molecule has 1 aliphatic rings. The second-order valence-electron chi connectivity index (χ2n) is 4.71. The van der Waals surface area contributed by atoms with E-state index in [0.29, 0.717) is 18.9 Å². The Morgan fingerprint density at radius 1 is 1.62 bits per heavy atom. The fraction of sp³-hybridized carbons (Fsp3) is 0.462. The maximum absolute atomic E-state index is 11.6. The maximum atomic E-state index is 11.6. The van der Waals surface area contributed by atoms with Crippen LogP contribution in [-0.2, 0) is 9.53 Å². The van der Waals surface area contributed by atoms with Crippen LogP contribution in [0.15, 0.2) is 12.1 Å². The molecule has 0 amide bonds. The number of carbonyl (C=O) groups excluding carboxylic acids is 1. The molecule has 1 aromatic rings. The summed E-state index contributed by atoms with van der Waals surface area (Å²) in [5, 5.41) is 19.7. The number of hydrogen-bond acceptors (Lipinski definition) is 7. The minimum Gasteiger partial charge on any atom is -0.469 e. The number of esters is 1. The number of aromatic nitrogens is 1. The number of methoxy groups -OCH3 is 1. The van der Waals surface area contributed by atoms with Crippen molar-refractivity contribution < 1.29 is 14.5 Å². The van der Waals surface area contributed by atoms with Gasteiger partial charge in [-0.1, -0.05) is 0 Å². The number of rotatable bonds is 3. The van der Waals surface area contributed by atoms with Crippen LogP contribution >= 0.6 is 0 Å². The Bertz CT molecular complexity index is 611. The van der Waals surface area contributed by atoms with Gasteiger partial charge in [-0.05, 0) is 18.9 Å². The third-order valence-corrected chi connectivity index (χ3v) is 3.44. The van der Waals surface area contributed by atoms with Gasteiger partial charge >= 0.3 is 11.7 Å². The van der Waals surface area contributed by atoms with Gasteiger partial charge in [0, 0.05) is 19.2 Å². The zero-order chi connectivity index (χ0) is 15.4. The van der Waals surface area contributed by atoms with Gasteiger partial charge in [0.1, 0.15) is 11.9 Å². The predicted molar refractivity (Wildman–Crippen MR) is 72.6 cm³/mol. The van der Waals surface area contributed by atoms with E-state index in [-0.39, 0.29) is 23.3 Å². The number of piperidine rings is 1. The van der Waals surface area contributed by atoms with Gasteiger partial charge in [-0.25, -0.2) is 4.98 Å². The van der Waals surface area contributed by atoms with Crippen LogP contribution in [0.25, 0.3) is 0 Å². The summed E-state index contributed by atoms with van der Waals surface area (Å²) in [7, 11) is 1.35. The second kappa shape index (κ2) is 6.17. The van der Waals surface area contributed by atoms with Gasteiger partial charge in [-0.3, -0.25) is 14.9 Å². The van der Waals surface area contributed by atoms with Crippen molar-refractivity contribution >= 4 is 17.5 Å². The van der Waals surface area contributed by atoms with Crippen molar-refractivity contribution in [3.8, 4) is 6.07 Å². The Hall–Kier alpha value is -2.69. The fourth-order valence-corrected chi connectivity index (χ4v) is 2.39. The highest BCUT2D eigenvalue weighted by Crippen LogP contribution is 2.25. The number of ether oxygens (including phenoxy) is 1. The second-order valence-corrected chi connectivity index (χ2v) is 4.71. The Balaban J connectivity index is 2.24. The lowest BCUT2D eigenvalue weighted by Crippen LogP contribution is -2.39. The first kappa shape index (κ1) is 14.7. The van der Waals surface area contributed by atoms with Gasteiger partial charge < -0.3 is 9.64 Å². The largest absolute Gasteiger partial charge is 0.469 e. The van der Waals surface area contributed by atoms with Gasteiger partial charge in [-0.2, -0.15) is 5.26 Å². The molecular formula is C13H14N4O4. The highest BCUT2D eigenvalue weighted by Gasteiger charge is 2.28. The van der Waals surface area contributed by atoms with Crippen LogP contribution in [0.3, 0.4) is 0 Å². The monoisotopic (exact) mass is 290 g/mol. The fourth-order valence-electron chi connectivity index (χ4n) is 2.39. The van der Waals surface area contributed by atoms with E-state index in [2.05, 4.69) is 4.98 Å². The van der Waals surface area contributed by atoms with E-state index < -0.39 is 4.92 Å². The molecule has 1 aliphatic heterocycles. The number of nitro groups is 1. The van der Waals surface area contributed by atoms with Crippen LogP contribution in [0.2, 0.25) is 0 Å². The Morgan fingerprint density at radius 3 is 3.00 bits per heavy atom. The first-order valence-electron chi connectivity index (χ1n) is 6.45. The van der Waals surface area contributed by atoms with Crippen molar-refractivity contribution in [3.05, 3.63) is 27.9 Å². The van der Waals surface area contributed by atoms with Crippen molar-refractivity contribution in [3.63, 3.8) is 0 Å². The quantitative estimate of drug-likeness (QED) is 0.468. The minimum atomic E-state index is -0.636. The lowest BCUT2D eigenvalue weighted by molar-refractivity contribution is -0.385. The van der Waals surface area contributed by atoms with Gasteiger partial charge in [0.05, 0.1) is 18.0 Å². The predicted octanol–water partition coefficient (Wildman–Crippen LogP) is 1.25. The zero-order valence-corrected chi connectivity index (χ0v) is 11.5. The Morgan fingerprint density at radius 2 is 2.38 bits per heavy atom. The van der Waals surface area contributed by atoms with E-state index in [9.17, 15) is 14.9 Å². The van der Waals surface area contributed by atoms with Crippen LogP contribution in [0.4, 0.5) is 11.5 Å². The molecule has 1 unspecified atom stereocenters. The lowest BCUT2D eigenvalue weighted by atomic mass is 9.98. The molecule has 0 saturated carbocycles. The molecule has 1 fully saturated rings. The minimum absolute atomic E-state index is 0.224. The van der Waals surface area contributed by atoms with Crippen LogP contribution in [0.5, 0.6) is 0 Å². The first-order valence-corrected chi connectivity index (χ1v) is 6.45. The van der Waals surface area contributed by atoms with Gasteiger partial charge in [-0.15, -0.1) is 0 Å². The summed E-state index contributed by atoms with van der Waals surface area (Å²) in [6, 6.07) is 4.50. The molecule has 2 heterocycles. The molecule has 21 heavy (non-hydrogen) atoms. The lowest BCUT2D eigenvalue weighted by Gasteiger charge is -2.32. The van der Waals surface area contributed by atoms with Crippen LogP contribution in [-0.4, -0.2) is 36.1 Å². The molecule has 0 bridgehead atoms. The van der Waals surface area contributed by atoms with E-state index >= 15 is 0 Å². The van der Waals surface area contributed by atoms with E-state index in [1.54, 1.807) is 6.07 Å². The number of carbonyl (C=O) groups is 1. The van der Waals surface area contributed by atoms with Gasteiger partial charge in [0.2, 0.25) is 5.69 Å². The third kappa shape index (κ3) is 3.08. The number of nitriles is 1. The molecule has 0 aromatic carbocycles. The molecule has 1 aromatic heterocycles. The smallest absolute Gasteiger partial charge is 0.310 e. The average molecular weight is 290 g/mol. The molecule has 1 atom stereocenters. The van der Waals surface area contributed by atoms with Crippen molar-refractivity contribution in [2.24, 2.45) is 5.92 Å². The topological polar surface area (TPSA) is 109 Å². The van der Waals surface area contributed by atoms with Crippen molar-refractivity contribution in [2.75, 3.05) is 25.1 Å². The number of anilines is 1. The molecule has 0 radical (unpaired) electrons. The SMILES string of the molecule is COC(=O)C1CCCN(c2ccc([N+](=O)[O-])c(C#N)n2)C1. The summed E-state index contributed by atoms with van der Waals surface area (Å²) in [6.45, 7) is 1.12. The highest BCUT2D eigenvalue weighted by atomic mass is 16.6. The summed E-state index contributed by atoms with van der Waals surface area (Å²) in [6.07, 6.45) is 1.53. The average Bonchev–Trinajstić information content (AvgIpc) is 2.53. The molecule has 2 rings (SSSR count). The molecule has 0 aliphatic carbocycles. The highest BCUT2D eigenvalue weighted by molar-refractivity contribution is 5.73. The van der Waals surface area contributed by atoms with E-state index in [0.717, 1.165) is 12.8 Å². The number of pyridine rings is 1. The summed E-state index contributed by atoms with van der Waals surface area (Å²) in [4.78, 5) is 27.6. The zero-order valence-electron chi connectivity index (χ0n) is 11.5. The molecule has 0 spiro atoms. The van der Waals surface area contributed by atoms with E-state index in [4.69, 9.17) is 10.00 Å². The molecule has 0 N–H and O–H groups in total. The number of nitrogens with zero attached hydrogens (tertiary/aromatic N) is 4. The van der Waals surface area contributed by atoms with Gasteiger partial charge in [0.15, 0.2) is 0 Å². The molecule has 8 heteroatoms. The van der Waals surface area contributed by atoms with Crippen molar-refractivity contribution in [1.82, 2.24) is 4.98 Å². The Labute approximate surface area is 121 Å². The third-order valence-electron chi connectivity index (χ3n) is 3.44. The van der Waals surface area contributed by atoms with Crippen LogP contribution in [0.1, 0.15) is 18.5 Å². The molecule has 110 valence electrons. The molecular weight excluding hydrogens is 276 g/mol.